The number of carbonyl (C=O) groups excluding carboxylic acids is 2. The van der Waals surface area contributed by atoms with Crippen molar-refractivity contribution < 1.29 is 9.59 Å². The average Bonchev–Trinajstić information content (AvgIpc) is 3.19. The molecule has 0 aromatic heterocycles. The Hall–Kier alpha value is -3.51. The Morgan fingerprint density at radius 2 is 1.97 bits per heavy atom. The number of nitrogens with zero attached hydrogens (tertiary/aromatic N) is 1. The van der Waals surface area contributed by atoms with E-state index in [1.54, 1.807) is 49.7 Å². The summed E-state index contributed by atoms with van der Waals surface area (Å²) in [7, 11) is 1.65. The van der Waals surface area contributed by atoms with Crippen LogP contribution in [0.4, 0.5) is 0 Å². The molecule has 0 radical (unpaired) electrons. The van der Waals surface area contributed by atoms with E-state index >= 15 is 0 Å². The number of benzene rings is 2. The molecule has 2 atom stereocenters. The number of nitrogens with two attached hydrogens (primary N) is 1. The maximum absolute atomic E-state index is 12.5. The number of rotatable bonds is 8. The van der Waals surface area contributed by atoms with E-state index in [9.17, 15) is 9.59 Å². The number of carbonyl (C=O) groups is 2. The van der Waals surface area contributed by atoms with Crippen LogP contribution in [-0.4, -0.2) is 25.1 Å². The minimum Gasteiger partial charge on any atom is -0.349 e. The summed E-state index contributed by atoms with van der Waals surface area (Å²) in [5, 5.41) is 5.87. The van der Waals surface area contributed by atoms with Crippen molar-refractivity contribution in [3.05, 3.63) is 95.2 Å². The third-order valence-corrected chi connectivity index (χ3v) is 5.36. The molecule has 160 valence electrons. The van der Waals surface area contributed by atoms with Gasteiger partial charge in [-0.05, 0) is 53.8 Å². The normalized spacial score (nSPS) is 16.6. The fraction of sp³-hybridized carbons (Fsp3) is 0.240. The molecular formula is C25H28N4O2. The maximum Gasteiger partial charge on any atom is 0.255 e. The number of allylic oxidation sites excluding steroid dienone is 2. The van der Waals surface area contributed by atoms with Crippen molar-refractivity contribution in [2.24, 2.45) is 10.7 Å². The van der Waals surface area contributed by atoms with Crippen molar-refractivity contribution in [3.8, 4) is 0 Å². The molecule has 0 heterocycles. The monoisotopic (exact) mass is 416 g/mol. The Labute approximate surface area is 183 Å². The summed E-state index contributed by atoms with van der Waals surface area (Å²) >= 11 is 0. The van der Waals surface area contributed by atoms with Crippen molar-refractivity contribution in [3.63, 3.8) is 0 Å². The first-order valence-electron chi connectivity index (χ1n) is 10.3. The van der Waals surface area contributed by atoms with Gasteiger partial charge in [0.05, 0.1) is 6.04 Å². The predicted molar refractivity (Wildman–Crippen MR) is 124 cm³/mol. The molecule has 2 unspecified atom stereocenters. The highest BCUT2D eigenvalue weighted by atomic mass is 16.2. The Morgan fingerprint density at radius 1 is 1.23 bits per heavy atom. The van der Waals surface area contributed by atoms with Crippen LogP contribution < -0.4 is 16.4 Å². The number of hydrogen-bond donors (Lipinski definition) is 3. The molecule has 0 saturated heterocycles. The molecule has 6 nitrogen and oxygen atoms in total. The van der Waals surface area contributed by atoms with Crippen molar-refractivity contribution in [2.45, 2.75) is 31.3 Å². The van der Waals surface area contributed by atoms with E-state index < -0.39 is 6.04 Å². The van der Waals surface area contributed by atoms with Gasteiger partial charge in [0.1, 0.15) is 0 Å². The van der Waals surface area contributed by atoms with Crippen LogP contribution in [0.5, 0.6) is 0 Å². The molecule has 2 aromatic carbocycles. The van der Waals surface area contributed by atoms with Crippen LogP contribution in [-0.2, 0) is 11.2 Å². The van der Waals surface area contributed by atoms with Crippen LogP contribution >= 0.6 is 0 Å². The topological polar surface area (TPSA) is 96.6 Å². The van der Waals surface area contributed by atoms with Gasteiger partial charge >= 0.3 is 0 Å². The summed E-state index contributed by atoms with van der Waals surface area (Å²) in [4.78, 5) is 28.8. The first kappa shape index (κ1) is 22.2. The fourth-order valence-corrected chi connectivity index (χ4v) is 3.68. The highest BCUT2D eigenvalue weighted by molar-refractivity contribution is 5.96. The van der Waals surface area contributed by atoms with E-state index in [-0.39, 0.29) is 24.3 Å². The molecule has 6 heteroatoms. The lowest BCUT2D eigenvalue weighted by molar-refractivity contribution is -0.122. The van der Waals surface area contributed by atoms with Gasteiger partial charge in [-0.1, -0.05) is 43.0 Å². The average molecular weight is 417 g/mol. The first-order chi connectivity index (χ1) is 15.0. The van der Waals surface area contributed by atoms with Gasteiger partial charge in [-0.2, -0.15) is 0 Å². The number of fused-ring (bicyclic) bond motifs is 1. The third kappa shape index (κ3) is 5.77. The molecule has 0 bridgehead atoms. The van der Waals surface area contributed by atoms with E-state index in [0.29, 0.717) is 11.3 Å². The molecule has 31 heavy (non-hydrogen) atoms. The molecule has 3 rings (SSSR count). The van der Waals surface area contributed by atoms with Crippen LogP contribution in [0, 0.1) is 0 Å². The Bertz CT molecular complexity index is 1010. The first-order valence-corrected chi connectivity index (χ1v) is 10.3. The second kappa shape index (κ2) is 10.5. The SMILES string of the molecule is C=C/C(=C\C=N/C)NC(=O)c1ccc(C(N)CC(=O)NC2CCc3ccccc32)cc1. The van der Waals surface area contributed by atoms with Gasteiger partial charge in [-0.15, -0.1) is 0 Å². The highest BCUT2D eigenvalue weighted by Crippen LogP contribution is 2.31. The number of hydrogen-bond acceptors (Lipinski definition) is 4. The Kier molecular flexibility index (Phi) is 7.51. The van der Waals surface area contributed by atoms with Crippen LogP contribution in [0.25, 0.3) is 0 Å². The molecule has 1 aliphatic carbocycles. The highest BCUT2D eigenvalue weighted by Gasteiger charge is 2.24. The van der Waals surface area contributed by atoms with Gasteiger partial charge in [0, 0.05) is 37.0 Å². The summed E-state index contributed by atoms with van der Waals surface area (Å²) in [5.74, 6) is -0.331. The second-order valence-corrected chi connectivity index (χ2v) is 7.48. The quantitative estimate of drug-likeness (QED) is 0.455. The van der Waals surface area contributed by atoms with E-state index in [0.717, 1.165) is 18.4 Å². The van der Waals surface area contributed by atoms with Gasteiger partial charge in [0.2, 0.25) is 5.91 Å². The van der Waals surface area contributed by atoms with Gasteiger partial charge in [0.15, 0.2) is 0 Å². The Balaban J connectivity index is 1.56. The molecular weight excluding hydrogens is 388 g/mol. The Morgan fingerprint density at radius 3 is 2.68 bits per heavy atom. The number of nitrogens with one attached hydrogen (secondary N) is 2. The lowest BCUT2D eigenvalue weighted by Crippen LogP contribution is -2.30. The largest absolute Gasteiger partial charge is 0.349 e. The summed E-state index contributed by atoms with van der Waals surface area (Å²) in [6.07, 6.45) is 6.86. The van der Waals surface area contributed by atoms with Gasteiger partial charge in [-0.3, -0.25) is 14.6 Å². The second-order valence-electron chi connectivity index (χ2n) is 7.48. The lowest BCUT2D eigenvalue weighted by Gasteiger charge is -2.17. The standard InChI is InChI=1S/C25H28N4O2/c1-3-20(14-15-27-2)28-25(31)19-10-8-18(9-11-19)22(26)16-24(30)29-23-13-12-17-6-4-5-7-21(17)23/h3-11,14-15,22-23H,1,12-13,16,26H2,2H3,(H,28,31)(H,29,30)/b20-14+,27-15-. The molecule has 0 fully saturated rings. The molecule has 4 N–H and O–H groups in total. The number of amides is 2. The molecule has 0 spiro atoms. The van der Waals surface area contributed by atoms with Crippen LogP contribution in [0.3, 0.4) is 0 Å². The van der Waals surface area contributed by atoms with Crippen LogP contribution in [0.1, 0.15) is 52.0 Å². The van der Waals surface area contributed by atoms with Crippen molar-refractivity contribution in [2.75, 3.05) is 7.05 Å². The molecule has 0 aliphatic heterocycles. The van der Waals surface area contributed by atoms with E-state index in [1.807, 2.05) is 12.1 Å². The smallest absolute Gasteiger partial charge is 0.255 e. The van der Waals surface area contributed by atoms with Gasteiger partial charge in [0.25, 0.3) is 5.91 Å². The number of aliphatic imine (C=N–C) groups is 1. The van der Waals surface area contributed by atoms with E-state index in [2.05, 4.69) is 34.3 Å². The summed E-state index contributed by atoms with van der Waals surface area (Å²) in [6, 6.07) is 14.8. The predicted octanol–water partition coefficient (Wildman–Crippen LogP) is 3.38. The summed E-state index contributed by atoms with van der Waals surface area (Å²) < 4.78 is 0. The summed E-state index contributed by atoms with van der Waals surface area (Å²) in [6.45, 7) is 3.68. The zero-order valence-electron chi connectivity index (χ0n) is 17.7. The van der Waals surface area contributed by atoms with Gasteiger partial charge in [-0.25, -0.2) is 0 Å². The number of aryl methyl sites for hydroxylation is 1. The zero-order chi connectivity index (χ0) is 22.2. The molecule has 2 amide bonds. The minimum atomic E-state index is -0.446. The van der Waals surface area contributed by atoms with Crippen molar-refractivity contribution in [1.29, 1.82) is 0 Å². The minimum absolute atomic E-state index is 0.0480. The summed E-state index contributed by atoms with van der Waals surface area (Å²) in [5.41, 5.74) is 10.6. The van der Waals surface area contributed by atoms with Crippen molar-refractivity contribution in [1.82, 2.24) is 10.6 Å². The zero-order valence-corrected chi connectivity index (χ0v) is 17.7. The van der Waals surface area contributed by atoms with Crippen molar-refractivity contribution >= 4 is 18.0 Å². The molecule has 2 aromatic rings. The van der Waals surface area contributed by atoms with Gasteiger partial charge < -0.3 is 16.4 Å². The van der Waals surface area contributed by atoms with E-state index in [1.165, 1.54) is 11.1 Å². The lowest BCUT2D eigenvalue weighted by atomic mass is 10.0. The maximum atomic E-state index is 12.5. The molecule has 1 aliphatic rings. The van der Waals surface area contributed by atoms with E-state index in [4.69, 9.17) is 5.73 Å². The molecule has 0 saturated carbocycles. The van der Waals surface area contributed by atoms with Crippen LogP contribution in [0.15, 0.2) is 78.0 Å². The van der Waals surface area contributed by atoms with Crippen LogP contribution in [0.2, 0.25) is 0 Å². The third-order valence-electron chi connectivity index (χ3n) is 5.36. The fourth-order valence-electron chi connectivity index (χ4n) is 3.68.